The number of nitrogens with zero attached hydrogens (tertiary/aromatic N) is 1. The average Bonchev–Trinajstić information content (AvgIpc) is 2.77. The van der Waals surface area contributed by atoms with E-state index in [-0.39, 0.29) is 0 Å². The normalized spacial score (nSPS) is 10.9. The summed E-state index contributed by atoms with van der Waals surface area (Å²) in [5.74, 6) is 0. The summed E-state index contributed by atoms with van der Waals surface area (Å²) in [7, 11) is 0. The van der Waals surface area contributed by atoms with Crippen molar-refractivity contribution in [2.24, 2.45) is 0 Å². The van der Waals surface area contributed by atoms with Crippen LogP contribution in [0, 0.1) is 0 Å². The van der Waals surface area contributed by atoms with E-state index in [9.17, 15) is 0 Å². The zero-order valence-electron chi connectivity index (χ0n) is 10.2. The SMILES string of the molecule is CC[n+]1c(Sc2ccccc2)sc2ccccc21. The van der Waals surface area contributed by atoms with Crippen molar-refractivity contribution in [2.45, 2.75) is 22.7 Å². The smallest absolute Gasteiger partial charge is 0.176 e. The minimum absolute atomic E-state index is 1.01. The molecule has 0 spiro atoms. The molecule has 0 amide bonds. The molecule has 3 rings (SSSR count). The lowest BCUT2D eigenvalue weighted by molar-refractivity contribution is -0.698. The van der Waals surface area contributed by atoms with E-state index >= 15 is 0 Å². The number of aryl methyl sites for hydroxylation is 1. The summed E-state index contributed by atoms with van der Waals surface area (Å²) < 4.78 is 5.10. The fourth-order valence-electron chi connectivity index (χ4n) is 1.98. The molecule has 90 valence electrons. The topological polar surface area (TPSA) is 3.88 Å². The van der Waals surface area contributed by atoms with Crippen LogP contribution in [0.4, 0.5) is 0 Å². The zero-order chi connectivity index (χ0) is 12.4. The van der Waals surface area contributed by atoms with Gasteiger partial charge in [-0.3, -0.25) is 0 Å². The highest BCUT2D eigenvalue weighted by molar-refractivity contribution is 8.01. The molecule has 0 saturated heterocycles. The Balaban J connectivity index is 2.06. The standard InChI is InChI=1S/C15H14NS2/c1-2-16-13-10-6-7-11-14(13)18-15(16)17-12-8-4-3-5-9-12/h3-11H,2H2,1H3/q+1. The zero-order valence-corrected chi connectivity index (χ0v) is 11.8. The Morgan fingerprint density at radius 1 is 1.00 bits per heavy atom. The Kier molecular flexibility index (Phi) is 3.35. The summed E-state index contributed by atoms with van der Waals surface area (Å²) >= 11 is 3.72. The van der Waals surface area contributed by atoms with Gasteiger partial charge in [-0.1, -0.05) is 41.7 Å². The third-order valence-corrected chi connectivity index (χ3v) is 5.20. The van der Waals surface area contributed by atoms with Gasteiger partial charge < -0.3 is 0 Å². The largest absolute Gasteiger partial charge is 0.303 e. The second-order valence-electron chi connectivity index (χ2n) is 4.00. The van der Waals surface area contributed by atoms with Crippen LogP contribution in [0.3, 0.4) is 0 Å². The molecule has 1 aromatic heterocycles. The van der Waals surface area contributed by atoms with Crippen LogP contribution in [0.1, 0.15) is 6.92 Å². The van der Waals surface area contributed by atoms with Crippen LogP contribution in [0.15, 0.2) is 63.8 Å². The van der Waals surface area contributed by atoms with Crippen LogP contribution >= 0.6 is 23.1 Å². The molecule has 0 aliphatic carbocycles. The molecule has 3 heteroatoms. The number of hydrogen-bond acceptors (Lipinski definition) is 2. The molecule has 0 saturated carbocycles. The average molecular weight is 272 g/mol. The summed E-state index contributed by atoms with van der Waals surface area (Å²) in [6, 6.07) is 19.2. The first kappa shape index (κ1) is 11.8. The first-order valence-electron chi connectivity index (χ1n) is 6.03. The number of benzene rings is 2. The second-order valence-corrected chi connectivity index (χ2v) is 6.35. The van der Waals surface area contributed by atoms with E-state index in [1.165, 1.54) is 19.5 Å². The molecule has 0 atom stereocenters. The van der Waals surface area contributed by atoms with Crippen molar-refractivity contribution >= 4 is 33.3 Å². The lowest BCUT2D eigenvalue weighted by atomic mass is 10.3. The highest BCUT2D eigenvalue weighted by Crippen LogP contribution is 2.32. The van der Waals surface area contributed by atoms with E-state index in [0.717, 1.165) is 6.54 Å². The number of rotatable bonds is 3. The van der Waals surface area contributed by atoms with E-state index < -0.39 is 0 Å². The van der Waals surface area contributed by atoms with Crippen molar-refractivity contribution in [3.63, 3.8) is 0 Å². The predicted molar refractivity (Wildman–Crippen MR) is 78.3 cm³/mol. The Labute approximate surface area is 115 Å². The van der Waals surface area contributed by atoms with Gasteiger partial charge in [-0.05, 0) is 36.9 Å². The predicted octanol–water partition coefficient (Wildman–Crippen LogP) is 4.36. The van der Waals surface area contributed by atoms with Crippen molar-refractivity contribution < 1.29 is 4.57 Å². The minimum Gasteiger partial charge on any atom is -0.176 e. The Bertz CT molecular complexity index is 659. The van der Waals surface area contributed by atoms with Gasteiger partial charge in [-0.2, -0.15) is 4.57 Å². The molecule has 0 bridgehead atoms. The van der Waals surface area contributed by atoms with Crippen LogP contribution in [0.2, 0.25) is 0 Å². The van der Waals surface area contributed by atoms with E-state index in [1.807, 2.05) is 23.1 Å². The molecule has 0 aliphatic heterocycles. The van der Waals surface area contributed by atoms with Gasteiger partial charge in [0, 0.05) is 11.0 Å². The van der Waals surface area contributed by atoms with E-state index in [2.05, 4.69) is 66.1 Å². The summed E-state index contributed by atoms with van der Waals surface area (Å²) in [6.45, 7) is 3.22. The first-order valence-corrected chi connectivity index (χ1v) is 7.66. The van der Waals surface area contributed by atoms with Crippen molar-refractivity contribution in [3.8, 4) is 0 Å². The summed E-state index contributed by atoms with van der Waals surface area (Å²) in [4.78, 5) is 1.30. The van der Waals surface area contributed by atoms with Crippen LogP contribution in [0.25, 0.3) is 10.2 Å². The number of aromatic nitrogens is 1. The Morgan fingerprint density at radius 2 is 1.72 bits per heavy atom. The Morgan fingerprint density at radius 3 is 2.50 bits per heavy atom. The van der Waals surface area contributed by atoms with Gasteiger partial charge in [0.2, 0.25) is 5.52 Å². The molecule has 1 nitrogen and oxygen atoms in total. The number of hydrogen-bond donors (Lipinski definition) is 0. The van der Waals surface area contributed by atoms with Crippen LogP contribution in [-0.4, -0.2) is 0 Å². The molecule has 1 heterocycles. The van der Waals surface area contributed by atoms with Gasteiger partial charge in [0.1, 0.15) is 11.2 Å². The van der Waals surface area contributed by atoms with Crippen molar-refractivity contribution in [1.29, 1.82) is 0 Å². The quantitative estimate of drug-likeness (QED) is 0.641. The van der Waals surface area contributed by atoms with Gasteiger partial charge >= 0.3 is 4.34 Å². The summed E-state index contributed by atoms with van der Waals surface area (Å²) in [5.41, 5.74) is 1.34. The van der Waals surface area contributed by atoms with E-state index in [0.29, 0.717) is 0 Å². The minimum atomic E-state index is 1.01. The molecular formula is C15H14NS2+. The van der Waals surface area contributed by atoms with Gasteiger partial charge in [-0.15, -0.1) is 0 Å². The van der Waals surface area contributed by atoms with Gasteiger partial charge in [0.05, 0.1) is 0 Å². The molecule has 0 aliphatic rings. The third kappa shape index (κ3) is 2.16. The molecule has 2 aromatic carbocycles. The van der Waals surface area contributed by atoms with Gasteiger partial charge in [0.25, 0.3) is 0 Å². The molecule has 0 N–H and O–H groups in total. The maximum absolute atomic E-state index is 2.39. The van der Waals surface area contributed by atoms with Crippen LogP contribution in [-0.2, 0) is 6.54 Å². The lowest BCUT2D eigenvalue weighted by Crippen LogP contribution is -2.32. The molecule has 0 unspecified atom stereocenters. The lowest BCUT2D eigenvalue weighted by Gasteiger charge is -1.96. The number of thiazole rings is 1. The fourth-order valence-corrected chi connectivity index (χ4v) is 4.49. The maximum Gasteiger partial charge on any atom is 0.303 e. The molecular weight excluding hydrogens is 258 g/mol. The number of fused-ring (bicyclic) bond motifs is 1. The highest BCUT2D eigenvalue weighted by atomic mass is 32.2. The van der Waals surface area contributed by atoms with Crippen molar-refractivity contribution in [1.82, 2.24) is 0 Å². The van der Waals surface area contributed by atoms with E-state index in [4.69, 9.17) is 0 Å². The summed E-state index contributed by atoms with van der Waals surface area (Å²) in [5, 5.41) is 0. The maximum atomic E-state index is 2.39. The van der Waals surface area contributed by atoms with Crippen LogP contribution in [0.5, 0.6) is 0 Å². The van der Waals surface area contributed by atoms with Crippen LogP contribution < -0.4 is 4.57 Å². The number of para-hydroxylation sites is 1. The summed E-state index contributed by atoms with van der Waals surface area (Å²) in [6.07, 6.45) is 0. The molecule has 0 radical (unpaired) electrons. The molecule has 3 aromatic rings. The highest BCUT2D eigenvalue weighted by Gasteiger charge is 2.19. The second kappa shape index (κ2) is 5.12. The fraction of sp³-hybridized carbons (Fsp3) is 0.133. The monoisotopic (exact) mass is 272 g/mol. The van der Waals surface area contributed by atoms with E-state index in [1.54, 1.807) is 0 Å². The first-order chi connectivity index (χ1) is 8.88. The molecule has 18 heavy (non-hydrogen) atoms. The molecule has 0 fully saturated rings. The van der Waals surface area contributed by atoms with Gasteiger partial charge in [-0.25, -0.2) is 0 Å². The van der Waals surface area contributed by atoms with Crippen molar-refractivity contribution in [2.75, 3.05) is 0 Å². The third-order valence-electron chi connectivity index (χ3n) is 2.84. The van der Waals surface area contributed by atoms with Crippen molar-refractivity contribution in [3.05, 3.63) is 54.6 Å². The van der Waals surface area contributed by atoms with Gasteiger partial charge in [0.15, 0.2) is 0 Å². The Hall–Kier alpha value is -1.32.